The number of aliphatic hydroxyl groups is 2. The van der Waals surface area contributed by atoms with E-state index in [0.29, 0.717) is 11.8 Å². The second-order valence-electron chi connectivity index (χ2n) is 10.6. The quantitative estimate of drug-likeness (QED) is 0.709. The SMILES string of the molecule is C[C@]12CCC(O)C=C1CCC1C2=CC[C@@]2(C)C1C[C@H](c1ccccc1)[C@@H]2C(=O)CO. The van der Waals surface area contributed by atoms with Gasteiger partial charge in [-0.25, -0.2) is 0 Å². The predicted octanol–water partition coefficient (Wildman–Crippen LogP) is 4.80. The van der Waals surface area contributed by atoms with Crippen LogP contribution in [0.2, 0.25) is 0 Å². The first-order valence-corrected chi connectivity index (χ1v) is 11.7. The van der Waals surface area contributed by atoms with Gasteiger partial charge in [0.1, 0.15) is 6.61 Å². The van der Waals surface area contributed by atoms with E-state index in [2.05, 4.69) is 50.3 Å². The molecule has 4 aliphatic rings. The van der Waals surface area contributed by atoms with Crippen LogP contribution in [-0.4, -0.2) is 28.7 Å². The first-order valence-electron chi connectivity index (χ1n) is 11.7. The fourth-order valence-corrected chi connectivity index (χ4v) is 7.78. The summed E-state index contributed by atoms with van der Waals surface area (Å²) in [4.78, 5) is 13.0. The van der Waals surface area contributed by atoms with Crippen LogP contribution in [0.15, 0.2) is 53.6 Å². The average molecular weight is 407 g/mol. The van der Waals surface area contributed by atoms with Crippen LogP contribution < -0.4 is 0 Å². The molecule has 2 N–H and O–H groups in total. The predicted molar refractivity (Wildman–Crippen MR) is 118 cm³/mol. The van der Waals surface area contributed by atoms with Crippen LogP contribution in [0.25, 0.3) is 0 Å². The van der Waals surface area contributed by atoms with Gasteiger partial charge in [0, 0.05) is 11.3 Å². The summed E-state index contributed by atoms with van der Waals surface area (Å²) in [6.07, 6.45) is 10.2. The Labute approximate surface area is 179 Å². The largest absolute Gasteiger partial charge is 0.389 e. The van der Waals surface area contributed by atoms with Crippen molar-refractivity contribution in [2.24, 2.45) is 28.6 Å². The molecule has 30 heavy (non-hydrogen) atoms. The monoisotopic (exact) mass is 406 g/mol. The average Bonchev–Trinajstić information content (AvgIpc) is 3.07. The number of carbonyl (C=O) groups is 1. The number of aliphatic hydroxyl groups excluding tert-OH is 2. The highest BCUT2D eigenvalue weighted by Gasteiger charge is 2.60. The molecule has 3 heteroatoms. The molecule has 0 radical (unpaired) electrons. The minimum absolute atomic E-state index is 0.00842. The highest BCUT2D eigenvalue weighted by molar-refractivity contribution is 5.84. The minimum atomic E-state index is -0.361. The molecule has 3 nitrogen and oxygen atoms in total. The highest BCUT2D eigenvalue weighted by Crippen LogP contribution is 2.67. The summed E-state index contributed by atoms with van der Waals surface area (Å²) < 4.78 is 0. The third kappa shape index (κ3) is 2.81. The van der Waals surface area contributed by atoms with Crippen molar-refractivity contribution in [3.63, 3.8) is 0 Å². The van der Waals surface area contributed by atoms with Crippen LogP contribution in [0.3, 0.4) is 0 Å². The Morgan fingerprint density at radius 1 is 1.13 bits per heavy atom. The van der Waals surface area contributed by atoms with Gasteiger partial charge in [0.2, 0.25) is 0 Å². The molecule has 2 fully saturated rings. The van der Waals surface area contributed by atoms with Gasteiger partial charge in [-0.05, 0) is 67.3 Å². The summed E-state index contributed by atoms with van der Waals surface area (Å²) in [5, 5.41) is 20.0. The van der Waals surface area contributed by atoms with Crippen LogP contribution in [-0.2, 0) is 4.79 Å². The highest BCUT2D eigenvalue weighted by atomic mass is 16.3. The maximum atomic E-state index is 13.0. The summed E-state index contributed by atoms with van der Waals surface area (Å²) in [7, 11) is 0. The van der Waals surface area contributed by atoms with Crippen molar-refractivity contribution >= 4 is 5.78 Å². The van der Waals surface area contributed by atoms with Crippen molar-refractivity contribution in [2.75, 3.05) is 6.61 Å². The number of hydrogen-bond donors (Lipinski definition) is 2. The molecular weight excluding hydrogens is 372 g/mol. The molecule has 160 valence electrons. The summed E-state index contributed by atoms with van der Waals surface area (Å²) in [5.74, 6) is 1.04. The molecule has 0 amide bonds. The zero-order chi connectivity index (χ0) is 21.1. The van der Waals surface area contributed by atoms with E-state index in [0.717, 1.165) is 38.5 Å². The van der Waals surface area contributed by atoms with E-state index < -0.39 is 0 Å². The third-order valence-electron chi connectivity index (χ3n) is 9.25. The Morgan fingerprint density at radius 3 is 2.63 bits per heavy atom. The number of carbonyl (C=O) groups excluding carboxylic acids is 1. The van der Waals surface area contributed by atoms with Gasteiger partial charge in [-0.2, -0.15) is 0 Å². The molecule has 0 heterocycles. The fourth-order valence-electron chi connectivity index (χ4n) is 7.78. The molecule has 5 rings (SSSR count). The molecule has 0 bridgehead atoms. The second kappa shape index (κ2) is 7.17. The molecule has 1 aromatic carbocycles. The Kier molecular flexibility index (Phi) is 4.83. The lowest BCUT2D eigenvalue weighted by molar-refractivity contribution is -0.130. The molecule has 3 unspecified atom stereocenters. The zero-order valence-corrected chi connectivity index (χ0v) is 18.2. The van der Waals surface area contributed by atoms with Crippen molar-refractivity contribution < 1.29 is 15.0 Å². The number of fused-ring (bicyclic) bond motifs is 5. The smallest absolute Gasteiger partial charge is 0.162 e. The Balaban J connectivity index is 1.56. The van der Waals surface area contributed by atoms with Crippen molar-refractivity contribution in [1.82, 2.24) is 0 Å². The number of benzene rings is 1. The van der Waals surface area contributed by atoms with Gasteiger partial charge in [0.25, 0.3) is 0 Å². The number of rotatable bonds is 3. The number of hydrogen-bond acceptors (Lipinski definition) is 3. The van der Waals surface area contributed by atoms with Crippen LogP contribution in [0.5, 0.6) is 0 Å². The normalized spacial score (nSPS) is 42.5. The first-order chi connectivity index (χ1) is 14.4. The minimum Gasteiger partial charge on any atom is -0.389 e. The standard InChI is InChI=1S/C27H34O3/c1-26-12-10-19(29)14-18(26)8-9-20-22(26)11-13-27(2)23(20)15-21(25(27)24(30)16-28)17-6-4-3-5-7-17/h3-7,11,14,19-21,23,25,28-29H,8-10,12-13,15-16H2,1-2H3/t19?,20?,21-,23?,25-,26+,27+/m1/s1. The lowest BCUT2D eigenvalue weighted by Gasteiger charge is -2.53. The maximum Gasteiger partial charge on any atom is 0.162 e. The van der Waals surface area contributed by atoms with E-state index in [1.54, 1.807) is 5.57 Å². The van der Waals surface area contributed by atoms with E-state index in [1.807, 2.05) is 6.07 Å². The molecule has 7 atom stereocenters. The van der Waals surface area contributed by atoms with Gasteiger partial charge in [-0.3, -0.25) is 4.79 Å². The summed E-state index contributed by atoms with van der Waals surface area (Å²) >= 11 is 0. The van der Waals surface area contributed by atoms with E-state index in [4.69, 9.17) is 0 Å². The fraction of sp³-hybridized carbons (Fsp3) is 0.593. The topological polar surface area (TPSA) is 57.5 Å². The lowest BCUT2D eigenvalue weighted by atomic mass is 9.51. The third-order valence-corrected chi connectivity index (χ3v) is 9.25. The number of allylic oxidation sites excluding steroid dienone is 3. The molecule has 4 aliphatic carbocycles. The van der Waals surface area contributed by atoms with Crippen LogP contribution in [0, 0.1) is 28.6 Å². The molecule has 1 aromatic rings. The second-order valence-corrected chi connectivity index (χ2v) is 10.6. The van der Waals surface area contributed by atoms with E-state index >= 15 is 0 Å². The van der Waals surface area contributed by atoms with E-state index in [9.17, 15) is 15.0 Å². The Hall–Kier alpha value is -1.71. The Bertz CT molecular complexity index is 900. The molecule has 2 saturated carbocycles. The van der Waals surface area contributed by atoms with Gasteiger partial charge in [0.15, 0.2) is 5.78 Å². The van der Waals surface area contributed by atoms with Crippen LogP contribution >= 0.6 is 0 Å². The maximum absolute atomic E-state index is 13.0. The van der Waals surface area contributed by atoms with Gasteiger partial charge < -0.3 is 10.2 Å². The molecule has 0 aromatic heterocycles. The van der Waals surface area contributed by atoms with E-state index in [-0.39, 0.29) is 41.2 Å². The van der Waals surface area contributed by atoms with Gasteiger partial charge >= 0.3 is 0 Å². The van der Waals surface area contributed by atoms with Crippen LogP contribution in [0.4, 0.5) is 0 Å². The van der Waals surface area contributed by atoms with Gasteiger partial charge in [-0.15, -0.1) is 0 Å². The van der Waals surface area contributed by atoms with Gasteiger partial charge in [-0.1, -0.05) is 67.5 Å². The van der Waals surface area contributed by atoms with Crippen LogP contribution in [0.1, 0.15) is 63.9 Å². The lowest BCUT2D eigenvalue weighted by Crippen LogP contribution is -2.46. The van der Waals surface area contributed by atoms with E-state index in [1.165, 1.54) is 11.1 Å². The number of Topliss-reactive ketones (excluding diaryl/α,β-unsaturated/α-hetero) is 1. The summed E-state index contributed by atoms with van der Waals surface area (Å²) in [5.41, 5.74) is 4.21. The Morgan fingerprint density at radius 2 is 1.90 bits per heavy atom. The van der Waals surface area contributed by atoms with Crippen molar-refractivity contribution in [1.29, 1.82) is 0 Å². The van der Waals surface area contributed by atoms with Crippen molar-refractivity contribution in [3.05, 3.63) is 59.2 Å². The molecule has 0 saturated heterocycles. The summed E-state index contributed by atoms with van der Waals surface area (Å²) in [6, 6.07) is 10.5. The van der Waals surface area contributed by atoms with Crippen molar-refractivity contribution in [2.45, 2.75) is 64.4 Å². The summed E-state index contributed by atoms with van der Waals surface area (Å²) in [6.45, 7) is 4.33. The first kappa shape index (κ1) is 20.2. The molecule has 0 aliphatic heterocycles. The van der Waals surface area contributed by atoms with Gasteiger partial charge in [0.05, 0.1) is 6.10 Å². The zero-order valence-electron chi connectivity index (χ0n) is 18.2. The van der Waals surface area contributed by atoms with Crippen molar-refractivity contribution in [3.8, 4) is 0 Å². The molecule has 0 spiro atoms. The molecular formula is C27H34O3. The number of ketones is 1.